The molecule has 0 spiro atoms. The molecule has 0 fully saturated rings. The molecule has 0 radical (unpaired) electrons. The minimum Gasteiger partial charge on any atom is -0.366 e. The van der Waals surface area contributed by atoms with Crippen molar-refractivity contribution in [1.82, 2.24) is 0 Å². The summed E-state index contributed by atoms with van der Waals surface area (Å²) in [7, 11) is 0. The van der Waals surface area contributed by atoms with Crippen LogP contribution in [0.15, 0.2) is 54.6 Å². The second-order valence-electron chi connectivity index (χ2n) is 3.84. The Morgan fingerprint density at radius 2 is 1.83 bits per heavy atom. The molecular weight excluding hydrogens is 229 g/mol. The van der Waals surface area contributed by atoms with E-state index >= 15 is 0 Å². The van der Waals surface area contributed by atoms with Crippen molar-refractivity contribution < 1.29 is 9.18 Å². The second kappa shape index (κ2) is 5.27. The van der Waals surface area contributed by atoms with Crippen LogP contribution in [0.2, 0.25) is 0 Å². The van der Waals surface area contributed by atoms with Crippen molar-refractivity contribution in [2.75, 3.05) is 0 Å². The topological polar surface area (TPSA) is 43.1 Å². The number of halogens is 1. The maximum absolute atomic E-state index is 13.9. The van der Waals surface area contributed by atoms with Crippen molar-refractivity contribution in [1.29, 1.82) is 0 Å². The number of hydrogen-bond donors (Lipinski definition) is 1. The van der Waals surface area contributed by atoms with Gasteiger partial charge in [-0.15, -0.1) is 0 Å². The molecule has 0 bridgehead atoms. The van der Waals surface area contributed by atoms with Crippen molar-refractivity contribution in [3.63, 3.8) is 0 Å². The summed E-state index contributed by atoms with van der Waals surface area (Å²) in [4.78, 5) is 10.6. The maximum atomic E-state index is 13.9. The number of carbonyl (C=O) groups excluding carboxylic acids is 1. The molecule has 2 aromatic rings. The molecule has 0 atom stereocenters. The van der Waals surface area contributed by atoms with Crippen LogP contribution in [0, 0.1) is 5.82 Å². The molecule has 0 saturated heterocycles. The highest BCUT2D eigenvalue weighted by Crippen LogP contribution is 2.23. The minimum atomic E-state index is -0.553. The lowest BCUT2D eigenvalue weighted by atomic mass is 10.0. The standard InChI is InChI=1S/C15H12FNO/c16-14-10-11(7-9-15(17)18)6-8-13(14)12-4-2-1-3-5-12/h1-10H,(H2,17,18)/b9-7-. The first kappa shape index (κ1) is 12.0. The average Bonchev–Trinajstić information content (AvgIpc) is 2.37. The third-order valence-electron chi connectivity index (χ3n) is 2.52. The summed E-state index contributed by atoms with van der Waals surface area (Å²) >= 11 is 0. The Morgan fingerprint density at radius 3 is 2.44 bits per heavy atom. The van der Waals surface area contributed by atoms with Crippen molar-refractivity contribution in [2.24, 2.45) is 5.73 Å². The fourth-order valence-corrected chi connectivity index (χ4v) is 1.67. The van der Waals surface area contributed by atoms with Gasteiger partial charge in [-0.05, 0) is 23.3 Å². The van der Waals surface area contributed by atoms with Crippen LogP contribution in [-0.4, -0.2) is 5.91 Å². The quantitative estimate of drug-likeness (QED) is 0.825. The molecule has 0 aromatic heterocycles. The monoisotopic (exact) mass is 241 g/mol. The van der Waals surface area contributed by atoms with Gasteiger partial charge in [-0.3, -0.25) is 4.79 Å². The van der Waals surface area contributed by atoms with E-state index in [1.54, 1.807) is 12.1 Å². The molecule has 2 rings (SSSR count). The first-order chi connectivity index (χ1) is 8.66. The molecule has 3 heteroatoms. The van der Waals surface area contributed by atoms with Gasteiger partial charge < -0.3 is 5.73 Å². The molecule has 2 N–H and O–H groups in total. The maximum Gasteiger partial charge on any atom is 0.241 e. The Kier molecular flexibility index (Phi) is 3.53. The highest BCUT2D eigenvalue weighted by Gasteiger charge is 2.04. The van der Waals surface area contributed by atoms with Crippen molar-refractivity contribution >= 4 is 12.0 Å². The summed E-state index contributed by atoms with van der Waals surface area (Å²) in [5, 5.41) is 0. The number of nitrogens with two attached hydrogens (primary N) is 1. The molecule has 18 heavy (non-hydrogen) atoms. The molecule has 0 aliphatic rings. The number of primary amides is 1. The molecule has 0 unspecified atom stereocenters. The predicted molar refractivity (Wildman–Crippen MR) is 70.1 cm³/mol. The van der Waals surface area contributed by atoms with Gasteiger partial charge >= 0.3 is 0 Å². The second-order valence-corrected chi connectivity index (χ2v) is 3.84. The van der Waals surface area contributed by atoms with E-state index in [0.29, 0.717) is 11.1 Å². The molecule has 0 heterocycles. The van der Waals surface area contributed by atoms with Gasteiger partial charge in [0.05, 0.1) is 0 Å². The number of hydrogen-bond acceptors (Lipinski definition) is 1. The molecule has 2 nitrogen and oxygen atoms in total. The summed E-state index contributed by atoms with van der Waals surface area (Å²) < 4.78 is 13.9. The van der Waals surface area contributed by atoms with E-state index in [2.05, 4.69) is 0 Å². The van der Waals surface area contributed by atoms with E-state index in [0.717, 1.165) is 5.56 Å². The van der Waals surface area contributed by atoms with Gasteiger partial charge in [-0.1, -0.05) is 42.5 Å². The lowest BCUT2D eigenvalue weighted by molar-refractivity contribution is -0.113. The van der Waals surface area contributed by atoms with Gasteiger partial charge in [0.2, 0.25) is 5.91 Å². The van der Waals surface area contributed by atoms with Crippen LogP contribution in [0.1, 0.15) is 5.56 Å². The first-order valence-electron chi connectivity index (χ1n) is 5.49. The van der Waals surface area contributed by atoms with E-state index in [-0.39, 0.29) is 5.82 Å². The van der Waals surface area contributed by atoms with Crippen molar-refractivity contribution in [3.05, 3.63) is 66.0 Å². The minimum absolute atomic E-state index is 0.326. The summed E-state index contributed by atoms with van der Waals surface area (Å²) in [6.07, 6.45) is 2.69. The van der Waals surface area contributed by atoms with Crippen LogP contribution in [0.3, 0.4) is 0 Å². The molecule has 90 valence electrons. The normalized spacial score (nSPS) is 10.7. The molecule has 1 amide bonds. The summed E-state index contributed by atoms with van der Waals surface area (Å²) in [5.74, 6) is -0.879. The zero-order valence-electron chi connectivity index (χ0n) is 9.64. The van der Waals surface area contributed by atoms with Crippen LogP contribution >= 0.6 is 0 Å². The molecular formula is C15H12FNO. The smallest absolute Gasteiger partial charge is 0.241 e. The SMILES string of the molecule is NC(=O)/C=C\c1ccc(-c2ccccc2)c(F)c1. The van der Waals surface area contributed by atoms with Crippen molar-refractivity contribution in [2.45, 2.75) is 0 Å². The number of benzene rings is 2. The third-order valence-corrected chi connectivity index (χ3v) is 2.52. The van der Waals surface area contributed by atoms with Gasteiger partial charge in [0.25, 0.3) is 0 Å². The Balaban J connectivity index is 2.34. The van der Waals surface area contributed by atoms with Gasteiger partial charge in [-0.25, -0.2) is 4.39 Å². The average molecular weight is 241 g/mol. The molecule has 0 aliphatic heterocycles. The lowest BCUT2D eigenvalue weighted by Crippen LogP contribution is -2.05. The number of carbonyl (C=O) groups is 1. The van der Waals surface area contributed by atoms with Crippen LogP contribution in [0.4, 0.5) is 4.39 Å². The van der Waals surface area contributed by atoms with E-state index in [1.807, 2.05) is 30.3 Å². The van der Waals surface area contributed by atoms with E-state index in [4.69, 9.17) is 5.73 Å². The Bertz CT molecular complexity index is 591. The highest BCUT2D eigenvalue weighted by molar-refractivity contribution is 5.90. The van der Waals surface area contributed by atoms with Gasteiger partial charge in [-0.2, -0.15) is 0 Å². The Labute approximate surface area is 105 Å². The molecule has 0 saturated carbocycles. The van der Waals surface area contributed by atoms with E-state index in [9.17, 15) is 9.18 Å². The fraction of sp³-hybridized carbons (Fsp3) is 0. The predicted octanol–water partition coefficient (Wildman–Crippen LogP) is 2.99. The zero-order valence-corrected chi connectivity index (χ0v) is 9.64. The Hall–Kier alpha value is -2.42. The summed E-state index contributed by atoms with van der Waals surface area (Å²) in [6.45, 7) is 0. The first-order valence-corrected chi connectivity index (χ1v) is 5.49. The fourth-order valence-electron chi connectivity index (χ4n) is 1.67. The zero-order chi connectivity index (χ0) is 13.0. The number of amides is 1. The van der Waals surface area contributed by atoms with Crippen LogP contribution in [0.25, 0.3) is 17.2 Å². The summed E-state index contributed by atoms with van der Waals surface area (Å²) in [6, 6.07) is 14.1. The van der Waals surface area contributed by atoms with Crippen LogP contribution in [-0.2, 0) is 4.79 Å². The van der Waals surface area contributed by atoms with Gasteiger partial charge in [0.15, 0.2) is 0 Å². The largest absolute Gasteiger partial charge is 0.366 e. The molecule has 0 aliphatic carbocycles. The van der Waals surface area contributed by atoms with E-state index in [1.165, 1.54) is 18.2 Å². The highest BCUT2D eigenvalue weighted by atomic mass is 19.1. The summed E-state index contributed by atoms with van der Waals surface area (Å²) in [5.41, 5.74) is 6.94. The third kappa shape index (κ3) is 2.83. The van der Waals surface area contributed by atoms with Gasteiger partial charge in [0, 0.05) is 11.6 Å². The van der Waals surface area contributed by atoms with Crippen molar-refractivity contribution in [3.8, 4) is 11.1 Å². The number of rotatable bonds is 3. The van der Waals surface area contributed by atoms with Gasteiger partial charge in [0.1, 0.15) is 5.82 Å². The van der Waals surface area contributed by atoms with Crippen LogP contribution < -0.4 is 5.73 Å². The Morgan fingerprint density at radius 1 is 1.11 bits per heavy atom. The van der Waals surface area contributed by atoms with Crippen LogP contribution in [0.5, 0.6) is 0 Å². The molecule has 2 aromatic carbocycles. The van der Waals surface area contributed by atoms with E-state index < -0.39 is 5.91 Å². The lowest BCUT2D eigenvalue weighted by Gasteiger charge is -2.04.